The van der Waals surface area contributed by atoms with Crippen molar-refractivity contribution in [2.45, 2.75) is 6.92 Å². The molecule has 160 valence electrons. The van der Waals surface area contributed by atoms with E-state index in [1.807, 2.05) is 24.0 Å². The van der Waals surface area contributed by atoms with Crippen LogP contribution < -0.4 is 25.0 Å². The van der Waals surface area contributed by atoms with E-state index in [2.05, 4.69) is 20.5 Å². The second kappa shape index (κ2) is 9.82. The van der Waals surface area contributed by atoms with E-state index in [9.17, 15) is 9.59 Å². The number of aromatic nitrogens is 1. The first-order chi connectivity index (χ1) is 14.5. The second-order valence-corrected chi connectivity index (χ2v) is 6.74. The van der Waals surface area contributed by atoms with E-state index in [4.69, 9.17) is 9.47 Å². The molecule has 2 N–H and O–H groups in total. The summed E-state index contributed by atoms with van der Waals surface area (Å²) in [5, 5.41) is 5.40. The summed E-state index contributed by atoms with van der Waals surface area (Å²) in [6.45, 7) is 4.95. The number of nitrogens with zero attached hydrogens (tertiary/aromatic N) is 3. The molecule has 2 aromatic rings. The van der Waals surface area contributed by atoms with Gasteiger partial charge in [-0.3, -0.25) is 4.79 Å². The molecule has 9 nitrogen and oxygen atoms in total. The minimum absolute atomic E-state index is 0.0370. The van der Waals surface area contributed by atoms with Crippen LogP contribution in [0.5, 0.6) is 11.5 Å². The maximum absolute atomic E-state index is 12.9. The number of carbonyl (C=O) groups excluding carboxylic acids is 2. The molecule has 1 fully saturated rings. The van der Waals surface area contributed by atoms with E-state index in [0.717, 1.165) is 5.82 Å². The highest BCUT2D eigenvalue weighted by Crippen LogP contribution is 2.28. The Hall–Kier alpha value is -3.49. The van der Waals surface area contributed by atoms with Gasteiger partial charge in [0, 0.05) is 38.3 Å². The van der Waals surface area contributed by atoms with Gasteiger partial charge in [-0.25, -0.2) is 9.78 Å². The van der Waals surface area contributed by atoms with Crippen LogP contribution in [0, 0.1) is 0 Å². The monoisotopic (exact) mass is 413 g/mol. The third-order valence-electron chi connectivity index (χ3n) is 4.86. The average molecular weight is 413 g/mol. The molecule has 3 amide bonds. The summed E-state index contributed by atoms with van der Waals surface area (Å²) in [5.41, 5.74) is 1.20. The van der Waals surface area contributed by atoms with Crippen LogP contribution in [0.3, 0.4) is 0 Å². The van der Waals surface area contributed by atoms with Crippen LogP contribution in [-0.4, -0.2) is 68.8 Å². The Labute approximate surface area is 176 Å². The zero-order valence-electron chi connectivity index (χ0n) is 17.5. The molecule has 1 aliphatic rings. The summed E-state index contributed by atoms with van der Waals surface area (Å²) >= 11 is 0. The minimum Gasteiger partial charge on any atom is -0.493 e. The standard InChI is InChI=1S/C21H27N5O4/c1-4-22-21(28)24-16-6-8-19(23-14-16)25-9-11-26(12-10-25)20(27)15-5-7-17(29-2)18(13-15)30-3/h5-8,13-14H,4,9-12H2,1-3H3,(H2,22,24,28). The number of rotatable bonds is 6. The van der Waals surface area contributed by atoms with Crippen molar-refractivity contribution in [2.75, 3.05) is 57.2 Å². The zero-order valence-corrected chi connectivity index (χ0v) is 17.5. The maximum Gasteiger partial charge on any atom is 0.319 e. The molecule has 1 aromatic heterocycles. The fourth-order valence-corrected chi connectivity index (χ4v) is 3.27. The predicted molar refractivity (Wildman–Crippen MR) is 115 cm³/mol. The van der Waals surface area contributed by atoms with Crippen LogP contribution in [0.15, 0.2) is 36.5 Å². The summed E-state index contributed by atoms with van der Waals surface area (Å²) in [6, 6.07) is 8.62. The molecule has 0 spiro atoms. The van der Waals surface area contributed by atoms with Gasteiger partial charge in [-0.2, -0.15) is 0 Å². The van der Waals surface area contributed by atoms with Crippen molar-refractivity contribution < 1.29 is 19.1 Å². The number of hydrogen-bond acceptors (Lipinski definition) is 6. The Morgan fingerprint density at radius 2 is 1.77 bits per heavy atom. The first-order valence-electron chi connectivity index (χ1n) is 9.82. The summed E-state index contributed by atoms with van der Waals surface area (Å²) in [4.78, 5) is 32.8. The Balaban J connectivity index is 1.58. The Bertz CT molecular complexity index is 879. The molecule has 1 aromatic carbocycles. The summed E-state index contributed by atoms with van der Waals surface area (Å²) < 4.78 is 10.5. The van der Waals surface area contributed by atoms with Crippen molar-refractivity contribution in [1.82, 2.24) is 15.2 Å². The average Bonchev–Trinajstić information content (AvgIpc) is 2.79. The molecule has 0 atom stereocenters. The number of benzene rings is 1. The quantitative estimate of drug-likeness (QED) is 0.754. The predicted octanol–water partition coefficient (Wildman–Crippen LogP) is 2.20. The molecule has 0 saturated carbocycles. The van der Waals surface area contributed by atoms with Crippen LogP contribution in [0.4, 0.5) is 16.3 Å². The molecule has 1 saturated heterocycles. The van der Waals surface area contributed by atoms with Gasteiger partial charge < -0.3 is 29.9 Å². The number of pyridine rings is 1. The minimum atomic E-state index is -0.255. The Morgan fingerprint density at radius 1 is 1.03 bits per heavy atom. The van der Waals surface area contributed by atoms with Crippen LogP contribution in [0.1, 0.15) is 17.3 Å². The normalized spacial score (nSPS) is 13.6. The lowest BCUT2D eigenvalue weighted by Crippen LogP contribution is -2.49. The fraction of sp³-hybridized carbons (Fsp3) is 0.381. The number of urea groups is 1. The lowest BCUT2D eigenvalue weighted by atomic mass is 10.1. The number of anilines is 2. The number of amides is 3. The van der Waals surface area contributed by atoms with Gasteiger partial charge in [-0.1, -0.05) is 0 Å². The van der Waals surface area contributed by atoms with Gasteiger partial charge in [0.15, 0.2) is 11.5 Å². The molecular formula is C21H27N5O4. The van der Waals surface area contributed by atoms with Crippen molar-refractivity contribution in [1.29, 1.82) is 0 Å². The van der Waals surface area contributed by atoms with E-state index in [1.165, 1.54) is 0 Å². The molecule has 3 rings (SSSR count). The molecule has 0 radical (unpaired) electrons. The molecule has 1 aliphatic heterocycles. The fourth-order valence-electron chi connectivity index (χ4n) is 3.27. The van der Waals surface area contributed by atoms with Crippen molar-refractivity contribution in [2.24, 2.45) is 0 Å². The molecule has 0 unspecified atom stereocenters. The van der Waals surface area contributed by atoms with Crippen molar-refractivity contribution >= 4 is 23.4 Å². The molecule has 2 heterocycles. The van der Waals surface area contributed by atoms with E-state index in [0.29, 0.717) is 55.5 Å². The lowest BCUT2D eigenvalue weighted by Gasteiger charge is -2.35. The van der Waals surface area contributed by atoms with E-state index in [-0.39, 0.29) is 11.9 Å². The first-order valence-corrected chi connectivity index (χ1v) is 9.82. The Morgan fingerprint density at radius 3 is 2.37 bits per heavy atom. The summed E-state index contributed by atoms with van der Waals surface area (Å²) in [5.74, 6) is 1.90. The van der Waals surface area contributed by atoms with Gasteiger partial charge >= 0.3 is 6.03 Å². The van der Waals surface area contributed by atoms with Crippen molar-refractivity contribution in [3.63, 3.8) is 0 Å². The van der Waals surface area contributed by atoms with Crippen LogP contribution in [0.2, 0.25) is 0 Å². The van der Waals surface area contributed by atoms with E-state index < -0.39 is 0 Å². The molecule has 30 heavy (non-hydrogen) atoms. The third-order valence-corrected chi connectivity index (χ3v) is 4.86. The number of methoxy groups -OCH3 is 2. The van der Waals surface area contributed by atoms with Gasteiger partial charge in [0.1, 0.15) is 5.82 Å². The van der Waals surface area contributed by atoms with E-state index in [1.54, 1.807) is 38.6 Å². The zero-order chi connectivity index (χ0) is 21.5. The highest BCUT2D eigenvalue weighted by molar-refractivity contribution is 5.95. The van der Waals surface area contributed by atoms with Gasteiger partial charge in [-0.15, -0.1) is 0 Å². The Kier molecular flexibility index (Phi) is 6.95. The molecule has 9 heteroatoms. The van der Waals surface area contributed by atoms with Crippen LogP contribution in [-0.2, 0) is 0 Å². The summed E-state index contributed by atoms with van der Waals surface area (Å²) in [6.07, 6.45) is 1.63. The van der Waals surface area contributed by atoms with Crippen LogP contribution in [0.25, 0.3) is 0 Å². The number of ether oxygens (including phenoxy) is 2. The van der Waals surface area contributed by atoms with E-state index >= 15 is 0 Å². The lowest BCUT2D eigenvalue weighted by molar-refractivity contribution is 0.0746. The number of nitrogens with one attached hydrogen (secondary N) is 2. The van der Waals surface area contributed by atoms with Gasteiger partial charge in [-0.05, 0) is 37.3 Å². The van der Waals surface area contributed by atoms with Crippen LogP contribution >= 0.6 is 0 Å². The molecule has 0 bridgehead atoms. The topological polar surface area (TPSA) is 96.0 Å². The maximum atomic E-state index is 12.9. The second-order valence-electron chi connectivity index (χ2n) is 6.74. The van der Waals surface area contributed by atoms with Gasteiger partial charge in [0.2, 0.25) is 0 Å². The number of piperazine rings is 1. The third kappa shape index (κ3) is 4.91. The largest absolute Gasteiger partial charge is 0.493 e. The number of carbonyl (C=O) groups is 2. The van der Waals surface area contributed by atoms with Gasteiger partial charge in [0.25, 0.3) is 5.91 Å². The van der Waals surface area contributed by atoms with Crippen molar-refractivity contribution in [3.05, 3.63) is 42.1 Å². The number of hydrogen-bond donors (Lipinski definition) is 2. The van der Waals surface area contributed by atoms with Gasteiger partial charge in [0.05, 0.1) is 26.1 Å². The highest BCUT2D eigenvalue weighted by atomic mass is 16.5. The smallest absolute Gasteiger partial charge is 0.319 e. The first kappa shape index (κ1) is 21.2. The SMILES string of the molecule is CCNC(=O)Nc1ccc(N2CCN(C(=O)c3ccc(OC)c(OC)c3)CC2)nc1. The molecule has 0 aliphatic carbocycles. The highest BCUT2D eigenvalue weighted by Gasteiger charge is 2.23. The van der Waals surface area contributed by atoms with Crippen molar-refractivity contribution in [3.8, 4) is 11.5 Å². The summed E-state index contributed by atoms with van der Waals surface area (Å²) in [7, 11) is 3.12. The molecular weight excluding hydrogens is 386 g/mol.